The zero-order valence-electron chi connectivity index (χ0n) is 13.4. The molecular weight excluding hydrogens is 346 g/mol. The predicted molar refractivity (Wildman–Crippen MR) is 95.2 cm³/mol. The van der Waals surface area contributed by atoms with Gasteiger partial charge in [-0.2, -0.15) is 4.98 Å². The lowest BCUT2D eigenvalue weighted by Gasteiger charge is -2.11. The van der Waals surface area contributed by atoms with Crippen LogP contribution in [0.1, 0.15) is 11.3 Å². The van der Waals surface area contributed by atoms with Crippen molar-refractivity contribution in [3.63, 3.8) is 0 Å². The highest BCUT2D eigenvalue weighted by atomic mass is 35.5. The second kappa shape index (κ2) is 7.44. The van der Waals surface area contributed by atoms with E-state index in [1.54, 1.807) is 6.07 Å². The van der Waals surface area contributed by atoms with E-state index in [0.29, 0.717) is 29.0 Å². The third-order valence-electron chi connectivity index (χ3n) is 3.44. The van der Waals surface area contributed by atoms with E-state index in [1.165, 1.54) is 6.07 Å². The third-order valence-corrected chi connectivity index (χ3v) is 3.81. The normalized spacial score (nSPS) is 10.6. The zero-order valence-corrected chi connectivity index (χ0v) is 14.1. The fourth-order valence-corrected chi connectivity index (χ4v) is 2.45. The molecule has 0 amide bonds. The van der Waals surface area contributed by atoms with E-state index in [9.17, 15) is 8.78 Å². The first kappa shape index (κ1) is 17.1. The molecule has 2 N–H and O–H groups in total. The minimum atomic E-state index is -0.923. The Hall–Kier alpha value is -2.73. The maximum Gasteiger partial charge on any atom is 0.225 e. The molecule has 0 radical (unpaired) electrons. The summed E-state index contributed by atoms with van der Waals surface area (Å²) in [6.45, 7) is 2.28. The summed E-state index contributed by atoms with van der Waals surface area (Å²) >= 11 is 6.13. The van der Waals surface area contributed by atoms with E-state index < -0.39 is 11.6 Å². The van der Waals surface area contributed by atoms with Crippen molar-refractivity contribution in [2.24, 2.45) is 0 Å². The molecule has 25 heavy (non-hydrogen) atoms. The molecule has 3 aromatic rings. The van der Waals surface area contributed by atoms with Gasteiger partial charge in [-0.3, -0.25) is 0 Å². The fourth-order valence-electron chi connectivity index (χ4n) is 2.25. The van der Waals surface area contributed by atoms with E-state index >= 15 is 0 Å². The third kappa shape index (κ3) is 4.42. The SMILES string of the molecule is Cc1cc(Nc2ccc(F)c(F)c2)nc(NCc2ccccc2Cl)n1. The highest BCUT2D eigenvalue weighted by Crippen LogP contribution is 2.20. The quantitative estimate of drug-likeness (QED) is 0.666. The van der Waals surface area contributed by atoms with E-state index in [0.717, 1.165) is 23.4 Å². The Kier molecular flexibility index (Phi) is 5.09. The van der Waals surface area contributed by atoms with Gasteiger partial charge in [0.2, 0.25) is 5.95 Å². The van der Waals surface area contributed by atoms with E-state index in [2.05, 4.69) is 20.6 Å². The van der Waals surface area contributed by atoms with Gasteiger partial charge in [-0.1, -0.05) is 29.8 Å². The van der Waals surface area contributed by atoms with Crippen molar-refractivity contribution in [2.75, 3.05) is 10.6 Å². The van der Waals surface area contributed by atoms with Gasteiger partial charge in [-0.05, 0) is 30.7 Å². The first-order valence-electron chi connectivity index (χ1n) is 7.56. The number of nitrogens with zero attached hydrogens (tertiary/aromatic N) is 2. The van der Waals surface area contributed by atoms with Crippen LogP contribution in [-0.4, -0.2) is 9.97 Å². The Balaban J connectivity index is 1.76. The summed E-state index contributed by atoms with van der Waals surface area (Å²) < 4.78 is 26.3. The number of hydrogen-bond acceptors (Lipinski definition) is 4. The van der Waals surface area contributed by atoms with Crippen molar-refractivity contribution in [1.82, 2.24) is 9.97 Å². The molecule has 1 heterocycles. The van der Waals surface area contributed by atoms with Gasteiger partial charge in [0, 0.05) is 35.1 Å². The monoisotopic (exact) mass is 360 g/mol. The molecule has 0 aliphatic carbocycles. The lowest BCUT2D eigenvalue weighted by atomic mass is 10.2. The Morgan fingerprint density at radius 3 is 2.56 bits per heavy atom. The molecule has 1 aromatic heterocycles. The van der Waals surface area contributed by atoms with Gasteiger partial charge in [0.15, 0.2) is 11.6 Å². The van der Waals surface area contributed by atoms with Crippen LogP contribution in [0.3, 0.4) is 0 Å². The second-order valence-electron chi connectivity index (χ2n) is 5.42. The molecule has 0 atom stereocenters. The summed E-state index contributed by atoms with van der Waals surface area (Å²) in [5.41, 5.74) is 2.04. The number of aryl methyl sites for hydroxylation is 1. The van der Waals surface area contributed by atoms with E-state index in [1.807, 2.05) is 31.2 Å². The molecule has 0 fully saturated rings. The van der Waals surface area contributed by atoms with Gasteiger partial charge < -0.3 is 10.6 Å². The summed E-state index contributed by atoms with van der Waals surface area (Å²) in [5.74, 6) is -0.940. The van der Waals surface area contributed by atoms with Gasteiger partial charge in [-0.15, -0.1) is 0 Å². The van der Waals surface area contributed by atoms with Crippen molar-refractivity contribution in [3.05, 3.63) is 76.4 Å². The second-order valence-corrected chi connectivity index (χ2v) is 5.82. The number of halogens is 3. The van der Waals surface area contributed by atoms with E-state index in [-0.39, 0.29) is 0 Å². The summed E-state index contributed by atoms with van der Waals surface area (Å²) in [5, 5.41) is 6.70. The molecule has 0 spiro atoms. The van der Waals surface area contributed by atoms with Gasteiger partial charge in [0.1, 0.15) is 5.82 Å². The van der Waals surface area contributed by atoms with Crippen LogP contribution in [0, 0.1) is 18.6 Å². The lowest BCUT2D eigenvalue weighted by molar-refractivity contribution is 0.509. The van der Waals surface area contributed by atoms with Crippen LogP contribution in [0.25, 0.3) is 0 Å². The standard InChI is InChI=1S/C18H15ClF2N4/c1-11-8-17(24-13-6-7-15(20)16(21)9-13)25-18(23-11)22-10-12-4-2-3-5-14(12)19/h2-9H,10H2,1H3,(H2,22,23,24,25). The van der Waals surface area contributed by atoms with Crippen LogP contribution in [-0.2, 0) is 6.54 Å². The molecule has 0 saturated carbocycles. The molecule has 0 unspecified atom stereocenters. The van der Waals surface area contributed by atoms with Crippen LogP contribution in [0.4, 0.5) is 26.2 Å². The topological polar surface area (TPSA) is 49.8 Å². The highest BCUT2D eigenvalue weighted by Gasteiger charge is 2.07. The van der Waals surface area contributed by atoms with Crippen LogP contribution >= 0.6 is 11.6 Å². The summed E-state index contributed by atoms with van der Waals surface area (Å²) in [6, 6.07) is 12.8. The van der Waals surface area contributed by atoms with Gasteiger partial charge in [-0.25, -0.2) is 13.8 Å². The number of aromatic nitrogens is 2. The summed E-state index contributed by atoms with van der Waals surface area (Å²) in [4.78, 5) is 8.65. The molecule has 128 valence electrons. The molecule has 0 bridgehead atoms. The smallest absolute Gasteiger partial charge is 0.225 e. The fraction of sp³-hybridized carbons (Fsp3) is 0.111. The van der Waals surface area contributed by atoms with Crippen molar-refractivity contribution in [3.8, 4) is 0 Å². The molecule has 7 heteroatoms. The van der Waals surface area contributed by atoms with Crippen LogP contribution < -0.4 is 10.6 Å². The van der Waals surface area contributed by atoms with Crippen molar-refractivity contribution >= 4 is 29.1 Å². The number of benzene rings is 2. The molecule has 0 aliphatic heterocycles. The maximum absolute atomic E-state index is 13.3. The molecular formula is C18H15ClF2N4. The van der Waals surface area contributed by atoms with Crippen LogP contribution in [0.15, 0.2) is 48.5 Å². The Morgan fingerprint density at radius 1 is 1.00 bits per heavy atom. The molecule has 2 aromatic carbocycles. The maximum atomic E-state index is 13.3. The van der Waals surface area contributed by atoms with Crippen LogP contribution in [0.2, 0.25) is 5.02 Å². The minimum Gasteiger partial charge on any atom is -0.350 e. The molecule has 0 aliphatic rings. The Bertz CT molecular complexity index is 902. The molecule has 0 saturated heterocycles. The number of rotatable bonds is 5. The van der Waals surface area contributed by atoms with Crippen LogP contribution in [0.5, 0.6) is 0 Å². The number of hydrogen-bond donors (Lipinski definition) is 2. The predicted octanol–water partition coefficient (Wildman–Crippen LogP) is 5.07. The first-order valence-corrected chi connectivity index (χ1v) is 7.94. The lowest BCUT2D eigenvalue weighted by Crippen LogP contribution is -2.06. The van der Waals surface area contributed by atoms with E-state index in [4.69, 9.17) is 11.6 Å². The van der Waals surface area contributed by atoms with Gasteiger partial charge in [0.05, 0.1) is 0 Å². The Morgan fingerprint density at radius 2 is 1.80 bits per heavy atom. The minimum absolute atomic E-state index is 0.397. The number of anilines is 3. The largest absolute Gasteiger partial charge is 0.350 e. The molecule has 3 rings (SSSR count). The summed E-state index contributed by atoms with van der Waals surface area (Å²) in [7, 11) is 0. The average molecular weight is 361 g/mol. The van der Waals surface area contributed by atoms with Crippen molar-refractivity contribution in [1.29, 1.82) is 0 Å². The zero-order chi connectivity index (χ0) is 17.8. The molecule has 4 nitrogen and oxygen atoms in total. The van der Waals surface area contributed by atoms with Crippen molar-refractivity contribution in [2.45, 2.75) is 13.5 Å². The van der Waals surface area contributed by atoms with Crippen molar-refractivity contribution < 1.29 is 8.78 Å². The van der Waals surface area contributed by atoms with Gasteiger partial charge >= 0.3 is 0 Å². The highest BCUT2D eigenvalue weighted by molar-refractivity contribution is 6.31. The Labute approximate surface area is 148 Å². The number of nitrogens with one attached hydrogen (secondary N) is 2. The first-order chi connectivity index (χ1) is 12.0. The van der Waals surface area contributed by atoms with Gasteiger partial charge in [0.25, 0.3) is 0 Å². The summed E-state index contributed by atoms with van der Waals surface area (Å²) in [6.07, 6.45) is 0. The average Bonchev–Trinajstić information content (AvgIpc) is 2.57.